The number of sulfonamides is 1. The molecule has 0 saturated carbocycles. The molecule has 1 saturated heterocycles. The fourth-order valence-electron chi connectivity index (χ4n) is 3.10. The molecule has 166 valence electrons. The molecular formula is C21H23FN2O6S. The highest BCUT2D eigenvalue weighted by Crippen LogP contribution is 2.29. The van der Waals surface area contributed by atoms with E-state index in [9.17, 15) is 22.4 Å². The smallest absolute Gasteiger partial charge is 0.243 e. The topological polar surface area (TPSA) is 102 Å². The van der Waals surface area contributed by atoms with Crippen molar-refractivity contribution in [2.45, 2.75) is 17.7 Å². The monoisotopic (exact) mass is 450 g/mol. The summed E-state index contributed by atoms with van der Waals surface area (Å²) in [4.78, 5) is 24.6. The Morgan fingerprint density at radius 2 is 1.77 bits per heavy atom. The van der Waals surface area contributed by atoms with Crippen LogP contribution in [0.1, 0.15) is 23.2 Å². The van der Waals surface area contributed by atoms with Crippen molar-refractivity contribution in [1.82, 2.24) is 4.31 Å². The van der Waals surface area contributed by atoms with E-state index in [-0.39, 0.29) is 42.3 Å². The maximum absolute atomic E-state index is 13.0. The van der Waals surface area contributed by atoms with Crippen LogP contribution in [-0.4, -0.2) is 57.8 Å². The Hall–Kier alpha value is -2.82. The number of hydrogen-bond acceptors (Lipinski definition) is 6. The van der Waals surface area contributed by atoms with Gasteiger partial charge in [-0.2, -0.15) is 4.31 Å². The van der Waals surface area contributed by atoms with Crippen LogP contribution in [0.3, 0.4) is 0 Å². The van der Waals surface area contributed by atoms with Crippen LogP contribution in [0.4, 0.5) is 10.1 Å². The first-order chi connectivity index (χ1) is 14.8. The average molecular weight is 450 g/mol. The molecule has 0 bridgehead atoms. The molecule has 1 heterocycles. The number of amides is 1. The first-order valence-corrected chi connectivity index (χ1v) is 11.1. The number of carbonyl (C=O) groups is 2. The molecule has 10 heteroatoms. The highest BCUT2D eigenvalue weighted by Gasteiger charge is 2.27. The first-order valence-electron chi connectivity index (χ1n) is 9.66. The van der Waals surface area contributed by atoms with E-state index in [1.54, 1.807) is 0 Å². The van der Waals surface area contributed by atoms with Crippen LogP contribution in [0.5, 0.6) is 5.75 Å². The van der Waals surface area contributed by atoms with Crippen LogP contribution in [0.2, 0.25) is 0 Å². The molecule has 1 N–H and O–H groups in total. The normalized spacial score (nSPS) is 14.8. The zero-order valence-electron chi connectivity index (χ0n) is 17.0. The SMILES string of the molecule is COc1ccc(S(=O)(=O)N2CCOCC2)cc1NC(=O)CCC(=O)c1ccc(F)cc1. The molecule has 8 nitrogen and oxygen atoms in total. The lowest BCUT2D eigenvalue weighted by Crippen LogP contribution is -2.40. The molecule has 1 fully saturated rings. The number of ether oxygens (including phenoxy) is 2. The molecular weight excluding hydrogens is 427 g/mol. The summed E-state index contributed by atoms with van der Waals surface area (Å²) in [7, 11) is -2.35. The summed E-state index contributed by atoms with van der Waals surface area (Å²) in [5.41, 5.74) is 0.501. The van der Waals surface area contributed by atoms with E-state index >= 15 is 0 Å². The second-order valence-electron chi connectivity index (χ2n) is 6.86. The van der Waals surface area contributed by atoms with Crippen LogP contribution in [0.25, 0.3) is 0 Å². The lowest BCUT2D eigenvalue weighted by Gasteiger charge is -2.26. The summed E-state index contributed by atoms with van der Waals surface area (Å²) in [6.45, 7) is 1.14. The molecule has 2 aromatic carbocycles. The number of nitrogens with one attached hydrogen (secondary N) is 1. The molecule has 0 radical (unpaired) electrons. The van der Waals surface area contributed by atoms with Crippen molar-refractivity contribution in [2.24, 2.45) is 0 Å². The van der Waals surface area contributed by atoms with E-state index in [1.807, 2.05) is 0 Å². The third-order valence-corrected chi connectivity index (χ3v) is 6.69. The molecule has 31 heavy (non-hydrogen) atoms. The number of anilines is 1. The maximum atomic E-state index is 13.0. The van der Waals surface area contributed by atoms with Gasteiger partial charge in [0.25, 0.3) is 0 Å². The Balaban J connectivity index is 1.69. The van der Waals surface area contributed by atoms with Gasteiger partial charge in [0.15, 0.2) is 5.78 Å². The summed E-state index contributed by atoms with van der Waals surface area (Å²) in [6.07, 6.45) is -0.203. The second kappa shape index (κ2) is 9.99. The molecule has 0 atom stereocenters. The Morgan fingerprint density at radius 3 is 2.42 bits per heavy atom. The first kappa shape index (κ1) is 22.9. The summed E-state index contributed by atoms with van der Waals surface area (Å²) >= 11 is 0. The second-order valence-corrected chi connectivity index (χ2v) is 8.79. The minimum Gasteiger partial charge on any atom is -0.495 e. The van der Waals surface area contributed by atoms with Crippen LogP contribution in [-0.2, 0) is 19.6 Å². The molecule has 0 aromatic heterocycles. The number of benzene rings is 2. The van der Waals surface area contributed by atoms with Gasteiger partial charge in [-0.05, 0) is 42.5 Å². The van der Waals surface area contributed by atoms with E-state index < -0.39 is 21.7 Å². The van der Waals surface area contributed by atoms with Crippen molar-refractivity contribution in [3.05, 3.63) is 53.8 Å². The van der Waals surface area contributed by atoms with Gasteiger partial charge < -0.3 is 14.8 Å². The van der Waals surface area contributed by atoms with E-state index in [0.29, 0.717) is 24.5 Å². The van der Waals surface area contributed by atoms with Gasteiger partial charge in [-0.3, -0.25) is 9.59 Å². The van der Waals surface area contributed by atoms with Gasteiger partial charge in [-0.1, -0.05) is 0 Å². The Morgan fingerprint density at radius 1 is 1.10 bits per heavy atom. The van der Waals surface area contributed by atoms with Crippen molar-refractivity contribution in [2.75, 3.05) is 38.7 Å². The third-order valence-electron chi connectivity index (χ3n) is 4.80. The van der Waals surface area contributed by atoms with Crippen LogP contribution >= 0.6 is 0 Å². The molecule has 1 amide bonds. The standard InChI is InChI=1S/C21H23FN2O6S/c1-29-20-8-6-17(31(27,28)24-10-12-30-13-11-24)14-18(20)23-21(26)9-7-19(25)15-2-4-16(22)5-3-15/h2-6,8,14H,7,9-13H2,1H3,(H,23,26). The number of Topliss-reactive ketones (excluding diaryl/α,β-unsaturated/α-hetero) is 1. The van der Waals surface area contributed by atoms with Gasteiger partial charge in [-0.15, -0.1) is 0 Å². The lowest BCUT2D eigenvalue weighted by molar-refractivity contribution is -0.116. The van der Waals surface area contributed by atoms with Crippen LogP contribution in [0, 0.1) is 5.82 Å². The van der Waals surface area contributed by atoms with Crippen LogP contribution in [0.15, 0.2) is 47.4 Å². The van der Waals surface area contributed by atoms with E-state index in [0.717, 1.165) is 0 Å². The molecule has 0 aliphatic carbocycles. The number of halogens is 1. The molecule has 3 rings (SSSR count). The summed E-state index contributed by atoms with van der Waals surface area (Å²) in [5, 5.41) is 2.61. The lowest BCUT2D eigenvalue weighted by atomic mass is 10.1. The highest BCUT2D eigenvalue weighted by atomic mass is 32.2. The Kier molecular flexibility index (Phi) is 7.37. The summed E-state index contributed by atoms with van der Waals surface area (Å²) in [5.74, 6) is -0.937. The number of hydrogen-bond donors (Lipinski definition) is 1. The van der Waals surface area contributed by atoms with E-state index in [2.05, 4.69) is 5.32 Å². The molecule has 2 aromatic rings. The van der Waals surface area contributed by atoms with E-state index in [1.165, 1.54) is 53.9 Å². The molecule has 1 aliphatic rings. The van der Waals surface area contributed by atoms with Gasteiger partial charge in [0.05, 0.1) is 30.9 Å². The number of morpholine rings is 1. The van der Waals surface area contributed by atoms with Crippen molar-refractivity contribution in [3.63, 3.8) is 0 Å². The van der Waals surface area contributed by atoms with Gasteiger partial charge in [0, 0.05) is 31.5 Å². The fourth-order valence-corrected chi connectivity index (χ4v) is 4.54. The number of nitrogens with zero attached hydrogens (tertiary/aromatic N) is 1. The fraction of sp³-hybridized carbons (Fsp3) is 0.333. The predicted molar refractivity (Wildman–Crippen MR) is 111 cm³/mol. The zero-order chi connectivity index (χ0) is 22.4. The highest BCUT2D eigenvalue weighted by molar-refractivity contribution is 7.89. The van der Waals surface area contributed by atoms with Gasteiger partial charge in [0.1, 0.15) is 11.6 Å². The number of rotatable bonds is 8. The Bertz CT molecular complexity index is 1050. The summed E-state index contributed by atoms with van der Waals surface area (Å²) < 4.78 is 50.4. The van der Waals surface area contributed by atoms with Gasteiger partial charge in [0.2, 0.25) is 15.9 Å². The van der Waals surface area contributed by atoms with Crippen LogP contribution < -0.4 is 10.1 Å². The quantitative estimate of drug-likeness (QED) is 0.620. The number of carbonyl (C=O) groups excluding carboxylic acids is 2. The van der Waals surface area contributed by atoms with Crippen molar-refractivity contribution < 1.29 is 31.9 Å². The maximum Gasteiger partial charge on any atom is 0.243 e. The minimum absolute atomic E-state index is 0.0212. The van der Waals surface area contributed by atoms with Crippen molar-refractivity contribution in [3.8, 4) is 5.75 Å². The molecule has 0 spiro atoms. The largest absolute Gasteiger partial charge is 0.495 e. The van der Waals surface area contributed by atoms with Gasteiger partial charge >= 0.3 is 0 Å². The summed E-state index contributed by atoms with van der Waals surface area (Å²) in [6, 6.07) is 9.29. The Labute approximate surface area is 180 Å². The number of ketones is 1. The van der Waals surface area contributed by atoms with Crippen molar-refractivity contribution in [1.29, 1.82) is 0 Å². The average Bonchev–Trinajstić information content (AvgIpc) is 2.78. The van der Waals surface area contributed by atoms with Crippen molar-refractivity contribution >= 4 is 27.4 Å². The minimum atomic E-state index is -3.75. The van der Waals surface area contributed by atoms with E-state index in [4.69, 9.17) is 9.47 Å². The molecule has 1 aliphatic heterocycles. The number of methoxy groups -OCH3 is 1. The molecule has 0 unspecified atom stereocenters. The third kappa shape index (κ3) is 5.66. The predicted octanol–water partition coefficient (Wildman–Crippen LogP) is 2.46. The zero-order valence-corrected chi connectivity index (χ0v) is 17.8. The van der Waals surface area contributed by atoms with Gasteiger partial charge in [-0.25, -0.2) is 12.8 Å².